The van der Waals surface area contributed by atoms with Crippen molar-refractivity contribution >= 4 is 0 Å². The molecule has 3 rings (SSSR count). The van der Waals surface area contributed by atoms with Crippen LogP contribution < -0.4 is 10.5 Å². The van der Waals surface area contributed by atoms with E-state index in [4.69, 9.17) is 14.4 Å². The highest BCUT2D eigenvalue weighted by Crippen LogP contribution is 2.19. The van der Waals surface area contributed by atoms with E-state index in [0.29, 0.717) is 11.3 Å². The molecule has 0 saturated carbocycles. The molecule has 0 unspecified atom stereocenters. The fraction of sp³-hybridized carbons (Fsp3) is 0. The number of aromatic nitrogens is 2. The fourth-order valence-electron chi connectivity index (χ4n) is 1.78. The minimum Gasteiger partial charge on any atom is -0.410 e. The molecule has 0 radical (unpaired) electrons. The molecule has 0 atom stereocenters. The third-order valence-electron chi connectivity index (χ3n) is 2.80. The van der Waals surface area contributed by atoms with Crippen LogP contribution in [0, 0.1) is 17.1 Å². The zero-order valence-electron chi connectivity index (χ0n) is 11.1. The van der Waals surface area contributed by atoms with E-state index in [2.05, 4.69) is 5.10 Å². The number of hydrogen-bond donors (Lipinski definition) is 0. The molecule has 0 fully saturated rings. The van der Waals surface area contributed by atoms with Gasteiger partial charge in [0.05, 0.1) is 11.6 Å². The lowest BCUT2D eigenvalue weighted by molar-refractivity contribution is 0.320. The summed E-state index contributed by atoms with van der Waals surface area (Å²) in [5.41, 5.74) is 0.427. The van der Waals surface area contributed by atoms with Gasteiger partial charge in [0.1, 0.15) is 17.3 Å². The van der Waals surface area contributed by atoms with Gasteiger partial charge >= 0.3 is 11.8 Å². The quantitative estimate of drug-likeness (QED) is 0.742. The molecule has 2 aromatic carbocycles. The SMILES string of the molecule is N#Cc1ccc(Oc2nn(-c3ccccc3F)c(=O)o2)cc1. The topological polar surface area (TPSA) is 81.0 Å². The standard InChI is InChI=1S/C15H8FN3O3/c16-12-3-1-2-4-13(12)19-15(20)22-14(18-19)21-11-7-5-10(9-17)6-8-11/h1-8H. The van der Waals surface area contributed by atoms with Gasteiger partial charge in [-0.2, -0.15) is 9.94 Å². The lowest BCUT2D eigenvalue weighted by atomic mass is 10.2. The average Bonchev–Trinajstić information content (AvgIpc) is 2.89. The molecule has 1 heterocycles. The van der Waals surface area contributed by atoms with Crippen molar-refractivity contribution in [3.05, 3.63) is 70.5 Å². The number of rotatable bonds is 3. The molecule has 108 valence electrons. The Hall–Kier alpha value is -3.40. The maximum atomic E-state index is 13.7. The van der Waals surface area contributed by atoms with Gasteiger partial charge < -0.3 is 9.15 Å². The summed E-state index contributed by atoms with van der Waals surface area (Å²) >= 11 is 0. The summed E-state index contributed by atoms with van der Waals surface area (Å²) in [5, 5.41) is 12.5. The molecule has 0 saturated heterocycles. The summed E-state index contributed by atoms with van der Waals surface area (Å²) in [5.74, 6) is -1.14. The van der Waals surface area contributed by atoms with Crippen LogP contribution in [0.2, 0.25) is 0 Å². The number of benzene rings is 2. The molecule has 0 N–H and O–H groups in total. The molecule has 3 aromatic rings. The Morgan fingerprint density at radius 2 is 1.91 bits per heavy atom. The molecule has 6 nitrogen and oxygen atoms in total. The van der Waals surface area contributed by atoms with Crippen LogP contribution in [0.15, 0.2) is 57.7 Å². The van der Waals surface area contributed by atoms with Gasteiger partial charge in [0.15, 0.2) is 0 Å². The Kier molecular flexibility index (Phi) is 3.42. The highest BCUT2D eigenvalue weighted by atomic mass is 19.1. The minimum absolute atomic E-state index is 0.0362. The summed E-state index contributed by atoms with van der Waals surface area (Å²) in [6.45, 7) is 0. The summed E-state index contributed by atoms with van der Waals surface area (Å²) in [4.78, 5) is 11.7. The van der Waals surface area contributed by atoms with Crippen molar-refractivity contribution in [1.82, 2.24) is 9.78 Å². The first kappa shape index (κ1) is 13.6. The monoisotopic (exact) mass is 297 g/mol. The Bertz CT molecular complexity index is 907. The van der Waals surface area contributed by atoms with E-state index in [1.807, 2.05) is 6.07 Å². The number of nitriles is 1. The lowest BCUT2D eigenvalue weighted by Crippen LogP contribution is -2.14. The number of halogens is 1. The molecule has 0 amide bonds. The zero-order valence-corrected chi connectivity index (χ0v) is 11.1. The summed E-state index contributed by atoms with van der Waals surface area (Å²) < 4.78 is 24.5. The predicted molar refractivity (Wildman–Crippen MR) is 73.3 cm³/mol. The lowest BCUT2D eigenvalue weighted by Gasteiger charge is -2.00. The summed E-state index contributed by atoms with van der Waals surface area (Å²) in [7, 11) is 0. The number of nitrogens with zero attached hydrogens (tertiary/aromatic N) is 3. The largest absolute Gasteiger partial charge is 0.444 e. The molecule has 1 aromatic heterocycles. The van der Waals surface area contributed by atoms with Gasteiger partial charge in [0.25, 0.3) is 0 Å². The number of para-hydroxylation sites is 1. The van der Waals surface area contributed by atoms with E-state index in [1.54, 1.807) is 18.2 Å². The summed E-state index contributed by atoms with van der Waals surface area (Å²) in [6.07, 6.45) is -0.321. The van der Waals surface area contributed by atoms with Gasteiger partial charge in [-0.05, 0) is 36.4 Å². The molecule has 0 aliphatic carbocycles. The van der Waals surface area contributed by atoms with Crippen molar-refractivity contribution in [1.29, 1.82) is 5.26 Å². The minimum atomic E-state index is -0.867. The molecule has 0 spiro atoms. The van der Waals surface area contributed by atoms with Crippen LogP contribution in [0.1, 0.15) is 5.56 Å². The third-order valence-corrected chi connectivity index (χ3v) is 2.80. The molecule has 0 aliphatic rings. The second-order valence-electron chi connectivity index (χ2n) is 4.24. The second kappa shape index (κ2) is 5.54. The van der Waals surface area contributed by atoms with Crippen molar-refractivity contribution in [2.24, 2.45) is 0 Å². The van der Waals surface area contributed by atoms with Crippen LogP contribution >= 0.6 is 0 Å². The highest BCUT2D eigenvalue weighted by Gasteiger charge is 2.14. The molecular weight excluding hydrogens is 289 g/mol. The van der Waals surface area contributed by atoms with Crippen LogP contribution in [0.25, 0.3) is 5.69 Å². The molecule has 0 bridgehead atoms. The van der Waals surface area contributed by atoms with Crippen LogP contribution in [-0.2, 0) is 0 Å². The van der Waals surface area contributed by atoms with Crippen molar-refractivity contribution in [2.45, 2.75) is 0 Å². The Balaban J connectivity index is 1.91. The molecule has 0 aliphatic heterocycles. The van der Waals surface area contributed by atoms with Crippen molar-refractivity contribution in [3.8, 4) is 23.6 Å². The second-order valence-corrected chi connectivity index (χ2v) is 4.24. The van der Waals surface area contributed by atoms with Crippen LogP contribution in [0.5, 0.6) is 11.8 Å². The van der Waals surface area contributed by atoms with Crippen molar-refractivity contribution in [3.63, 3.8) is 0 Å². The molecular formula is C15H8FN3O3. The Morgan fingerprint density at radius 1 is 1.18 bits per heavy atom. The molecule has 7 heteroatoms. The highest BCUT2D eigenvalue weighted by molar-refractivity contribution is 5.35. The first-order valence-electron chi connectivity index (χ1n) is 6.20. The van der Waals surface area contributed by atoms with Crippen LogP contribution in [0.4, 0.5) is 4.39 Å². The maximum absolute atomic E-state index is 13.7. The van der Waals surface area contributed by atoms with Crippen molar-refractivity contribution < 1.29 is 13.5 Å². The first-order valence-corrected chi connectivity index (χ1v) is 6.20. The maximum Gasteiger partial charge on any atom is 0.444 e. The van der Waals surface area contributed by atoms with E-state index in [1.165, 1.54) is 30.3 Å². The smallest absolute Gasteiger partial charge is 0.410 e. The van der Waals surface area contributed by atoms with Gasteiger partial charge in [0, 0.05) is 0 Å². The fourth-order valence-corrected chi connectivity index (χ4v) is 1.78. The Morgan fingerprint density at radius 3 is 2.59 bits per heavy atom. The summed E-state index contributed by atoms with van der Waals surface area (Å²) in [6, 6.07) is 13.8. The van der Waals surface area contributed by atoms with Gasteiger partial charge in [-0.1, -0.05) is 17.2 Å². The van der Waals surface area contributed by atoms with Gasteiger partial charge in [-0.15, -0.1) is 0 Å². The number of ether oxygens (including phenoxy) is 1. The van der Waals surface area contributed by atoms with E-state index in [0.717, 1.165) is 4.68 Å². The van der Waals surface area contributed by atoms with E-state index in [-0.39, 0.29) is 11.8 Å². The van der Waals surface area contributed by atoms with Gasteiger partial charge in [-0.25, -0.2) is 9.18 Å². The van der Waals surface area contributed by atoms with Crippen LogP contribution in [0.3, 0.4) is 0 Å². The normalized spacial score (nSPS) is 10.2. The van der Waals surface area contributed by atoms with Gasteiger partial charge in [-0.3, -0.25) is 0 Å². The van der Waals surface area contributed by atoms with E-state index >= 15 is 0 Å². The Labute approximate surface area is 123 Å². The van der Waals surface area contributed by atoms with E-state index < -0.39 is 11.6 Å². The number of hydrogen-bond acceptors (Lipinski definition) is 5. The molecule has 22 heavy (non-hydrogen) atoms. The zero-order chi connectivity index (χ0) is 15.5. The first-order chi connectivity index (χ1) is 10.7. The van der Waals surface area contributed by atoms with E-state index in [9.17, 15) is 9.18 Å². The predicted octanol–water partition coefficient (Wildman–Crippen LogP) is 2.63. The van der Waals surface area contributed by atoms with Gasteiger partial charge in [0.2, 0.25) is 0 Å². The third kappa shape index (κ3) is 2.58. The average molecular weight is 297 g/mol. The van der Waals surface area contributed by atoms with Crippen molar-refractivity contribution in [2.75, 3.05) is 0 Å². The van der Waals surface area contributed by atoms with Crippen LogP contribution in [-0.4, -0.2) is 9.78 Å².